The summed E-state index contributed by atoms with van der Waals surface area (Å²) >= 11 is 0. The van der Waals surface area contributed by atoms with Crippen molar-refractivity contribution in [2.75, 3.05) is 17.6 Å². The molecule has 0 aliphatic heterocycles. The van der Waals surface area contributed by atoms with E-state index in [-0.39, 0.29) is 11.4 Å². The molecule has 3 heterocycles. The third-order valence-electron chi connectivity index (χ3n) is 3.38. The van der Waals surface area contributed by atoms with E-state index in [9.17, 15) is 5.26 Å². The molecule has 0 aromatic carbocycles. The summed E-state index contributed by atoms with van der Waals surface area (Å²) < 4.78 is 1.38. The molecule has 116 valence electrons. The van der Waals surface area contributed by atoms with Crippen LogP contribution in [0.15, 0.2) is 24.5 Å². The zero-order chi connectivity index (χ0) is 16.2. The van der Waals surface area contributed by atoms with Gasteiger partial charge >= 0.3 is 0 Å². The third kappa shape index (κ3) is 2.76. The van der Waals surface area contributed by atoms with Gasteiger partial charge in [0.25, 0.3) is 5.78 Å². The van der Waals surface area contributed by atoms with Crippen LogP contribution in [-0.2, 0) is 0 Å². The van der Waals surface area contributed by atoms with E-state index in [0.29, 0.717) is 17.4 Å². The topological polar surface area (TPSA) is 118 Å². The first-order valence-corrected chi connectivity index (χ1v) is 7.35. The first-order valence-electron chi connectivity index (χ1n) is 7.35. The molecule has 0 fully saturated rings. The zero-order valence-electron chi connectivity index (χ0n) is 12.7. The van der Waals surface area contributed by atoms with Gasteiger partial charge in [0.2, 0.25) is 0 Å². The molecule has 3 rings (SSSR count). The van der Waals surface area contributed by atoms with Crippen LogP contribution >= 0.6 is 0 Å². The normalized spacial score (nSPS) is 10.6. The number of hydrogen-bond donors (Lipinski definition) is 2. The van der Waals surface area contributed by atoms with Gasteiger partial charge in [-0.05, 0) is 18.6 Å². The lowest BCUT2D eigenvalue weighted by Gasteiger charge is -2.08. The summed E-state index contributed by atoms with van der Waals surface area (Å²) in [4.78, 5) is 12.8. The predicted octanol–water partition coefficient (Wildman–Crippen LogP) is 1.85. The van der Waals surface area contributed by atoms with E-state index in [1.807, 2.05) is 6.07 Å². The van der Waals surface area contributed by atoms with E-state index in [0.717, 1.165) is 24.9 Å². The lowest BCUT2D eigenvalue weighted by Crippen LogP contribution is -2.11. The van der Waals surface area contributed by atoms with Crippen molar-refractivity contribution in [1.29, 1.82) is 5.26 Å². The molecule has 0 spiro atoms. The van der Waals surface area contributed by atoms with Gasteiger partial charge in [-0.25, -0.2) is 0 Å². The summed E-state index contributed by atoms with van der Waals surface area (Å²) in [7, 11) is 0. The number of nitrogens with zero attached hydrogens (tertiary/aromatic N) is 6. The lowest BCUT2D eigenvalue weighted by molar-refractivity contribution is 0.829. The fourth-order valence-electron chi connectivity index (χ4n) is 2.16. The molecule has 3 aromatic heterocycles. The van der Waals surface area contributed by atoms with Crippen molar-refractivity contribution in [1.82, 2.24) is 24.6 Å². The lowest BCUT2D eigenvalue weighted by atomic mass is 10.3. The minimum atomic E-state index is 0.221. The molecule has 0 saturated carbocycles. The Morgan fingerprint density at radius 2 is 2.26 bits per heavy atom. The molecule has 3 aromatic rings. The smallest absolute Gasteiger partial charge is 0.256 e. The molecule has 0 bridgehead atoms. The number of hydrogen-bond acceptors (Lipinski definition) is 7. The van der Waals surface area contributed by atoms with Crippen LogP contribution < -0.4 is 11.1 Å². The molecule has 0 aliphatic carbocycles. The monoisotopic (exact) mass is 308 g/mol. The molecular formula is C15H16N8. The van der Waals surface area contributed by atoms with Crippen molar-refractivity contribution in [3.8, 4) is 17.5 Å². The number of unbranched alkanes of at least 4 members (excludes halogenated alkanes) is 1. The fourth-order valence-corrected chi connectivity index (χ4v) is 2.16. The largest absolute Gasteiger partial charge is 0.382 e. The average Bonchev–Trinajstić information content (AvgIpc) is 3.01. The van der Waals surface area contributed by atoms with Crippen molar-refractivity contribution in [3.63, 3.8) is 0 Å². The van der Waals surface area contributed by atoms with E-state index >= 15 is 0 Å². The average molecular weight is 308 g/mol. The maximum Gasteiger partial charge on any atom is 0.256 e. The van der Waals surface area contributed by atoms with E-state index in [4.69, 9.17) is 5.73 Å². The maximum atomic E-state index is 9.36. The van der Waals surface area contributed by atoms with Crippen molar-refractivity contribution < 1.29 is 0 Å². The highest BCUT2D eigenvalue weighted by Gasteiger charge is 2.16. The number of anilines is 2. The summed E-state index contributed by atoms with van der Waals surface area (Å²) in [5.74, 6) is 1.47. The summed E-state index contributed by atoms with van der Waals surface area (Å²) in [5.41, 5.74) is 7.10. The molecule has 0 unspecified atom stereocenters. The van der Waals surface area contributed by atoms with Gasteiger partial charge in [0.15, 0.2) is 17.5 Å². The molecule has 0 saturated heterocycles. The van der Waals surface area contributed by atoms with Crippen LogP contribution in [0.25, 0.3) is 17.2 Å². The SMILES string of the molecule is CCCCNc1nc2nc(-c3cccnc3)nn2c(N)c1C#N. The molecular weight excluding hydrogens is 292 g/mol. The minimum Gasteiger partial charge on any atom is -0.382 e. The zero-order valence-corrected chi connectivity index (χ0v) is 12.7. The Hall–Kier alpha value is -3.21. The second kappa shape index (κ2) is 6.27. The van der Waals surface area contributed by atoms with Gasteiger partial charge in [-0.3, -0.25) is 4.98 Å². The Morgan fingerprint density at radius 1 is 1.39 bits per heavy atom. The molecule has 3 N–H and O–H groups in total. The number of nitrogens with two attached hydrogens (primary N) is 1. The first kappa shape index (κ1) is 14.7. The van der Waals surface area contributed by atoms with E-state index in [1.54, 1.807) is 18.5 Å². The Morgan fingerprint density at radius 3 is 2.96 bits per heavy atom. The molecule has 0 radical (unpaired) electrons. The van der Waals surface area contributed by atoms with Gasteiger partial charge in [0, 0.05) is 24.5 Å². The summed E-state index contributed by atoms with van der Waals surface area (Å²) in [5, 5.41) is 16.8. The summed E-state index contributed by atoms with van der Waals surface area (Å²) in [6, 6.07) is 5.73. The Balaban J connectivity index is 2.08. The van der Waals surface area contributed by atoms with Crippen LogP contribution in [0.2, 0.25) is 0 Å². The number of aromatic nitrogens is 5. The number of nitrogens with one attached hydrogen (secondary N) is 1. The molecule has 0 aliphatic rings. The number of rotatable bonds is 5. The minimum absolute atomic E-state index is 0.221. The van der Waals surface area contributed by atoms with E-state index < -0.39 is 0 Å². The van der Waals surface area contributed by atoms with Crippen LogP contribution in [0.1, 0.15) is 25.3 Å². The van der Waals surface area contributed by atoms with Crippen molar-refractivity contribution >= 4 is 17.4 Å². The van der Waals surface area contributed by atoms with Gasteiger partial charge in [-0.2, -0.15) is 19.7 Å². The third-order valence-corrected chi connectivity index (χ3v) is 3.38. The van der Waals surface area contributed by atoms with Crippen LogP contribution in [0.4, 0.5) is 11.6 Å². The van der Waals surface area contributed by atoms with Crippen LogP contribution in [0.3, 0.4) is 0 Å². The standard InChI is InChI=1S/C15H16N8/c1-2-3-7-19-14-11(8-16)12(17)23-15(21-14)20-13(22-23)10-5-4-6-18-9-10/h4-6,9H,2-3,7,17H2,1H3,(H,19,20,21,22). The highest BCUT2D eigenvalue weighted by Crippen LogP contribution is 2.22. The number of fused-ring (bicyclic) bond motifs is 1. The Kier molecular flexibility index (Phi) is 4.01. The fraction of sp³-hybridized carbons (Fsp3) is 0.267. The highest BCUT2D eigenvalue weighted by atomic mass is 15.4. The van der Waals surface area contributed by atoms with Gasteiger partial charge in [-0.1, -0.05) is 13.3 Å². The van der Waals surface area contributed by atoms with Crippen LogP contribution in [0, 0.1) is 11.3 Å². The highest BCUT2D eigenvalue weighted by molar-refractivity contribution is 5.67. The van der Waals surface area contributed by atoms with Crippen molar-refractivity contribution in [2.24, 2.45) is 0 Å². The van der Waals surface area contributed by atoms with Gasteiger partial charge in [-0.15, -0.1) is 5.10 Å². The maximum absolute atomic E-state index is 9.36. The molecule has 0 amide bonds. The van der Waals surface area contributed by atoms with Crippen LogP contribution in [0.5, 0.6) is 0 Å². The summed E-state index contributed by atoms with van der Waals surface area (Å²) in [6.45, 7) is 2.81. The van der Waals surface area contributed by atoms with Gasteiger partial charge in [0.1, 0.15) is 11.6 Å². The second-order valence-corrected chi connectivity index (χ2v) is 5.00. The van der Waals surface area contributed by atoms with Crippen LogP contribution in [-0.4, -0.2) is 31.1 Å². The summed E-state index contributed by atoms with van der Waals surface area (Å²) in [6.07, 6.45) is 5.36. The number of nitriles is 1. The molecule has 8 heteroatoms. The predicted molar refractivity (Wildman–Crippen MR) is 86.5 cm³/mol. The van der Waals surface area contributed by atoms with Crippen molar-refractivity contribution in [2.45, 2.75) is 19.8 Å². The molecule has 8 nitrogen and oxygen atoms in total. The quantitative estimate of drug-likeness (QED) is 0.690. The Labute approximate surface area is 133 Å². The molecule has 23 heavy (non-hydrogen) atoms. The van der Waals surface area contributed by atoms with Crippen molar-refractivity contribution in [3.05, 3.63) is 30.1 Å². The second-order valence-electron chi connectivity index (χ2n) is 5.00. The Bertz CT molecular complexity index is 863. The number of nitrogen functional groups attached to an aromatic ring is 1. The van der Waals surface area contributed by atoms with Gasteiger partial charge < -0.3 is 11.1 Å². The van der Waals surface area contributed by atoms with E-state index in [2.05, 4.69) is 38.4 Å². The first-order chi connectivity index (χ1) is 11.2. The van der Waals surface area contributed by atoms with E-state index in [1.165, 1.54) is 4.52 Å². The molecule has 0 atom stereocenters. The van der Waals surface area contributed by atoms with Gasteiger partial charge in [0.05, 0.1) is 0 Å². The number of pyridine rings is 1.